The van der Waals surface area contributed by atoms with E-state index in [0.29, 0.717) is 22.3 Å². The Balaban J connectivity index is 1.46. The molecule has 2 N–H and O–H groups in total. The van der Waals surface area contributed by atoms with Crippen molar-refractivity contribution in [1.29, 1.82) is 0 Å². The minimum absolute atomic E-state index is 0.170. The zero-order valence-corrected chi connectivity index (χ0v) is 18.8. The van der Waals surface area contributed by atoms with Gasteiger partial charge in [-0.3, -0.25) is 4.79 Å². The van der Waals surface area contributed by atoms with Crippen LogP contribution in [-0.2, 0) is 0 Å². The van der Waals surface area contributed by atoms with Gasteiger partial charge in [0.1, 0.15) is 5.01 Å². The minimum Gasteiger partial charge on any atom is -0.320 e. The van der Waals surface area contributed by atoms with Crippen LogP contribution in [0.5, 0.6) is 0 Å². The van der Waals surface area contributed by atoms with E-state index in [-0.39, 0.29) is 23.0 Å². The number of hydrogen-bond donors (Lipinski definition) is 2. The van der Waals surface area contributed by atoms with Crippen molar-refractivity contribution in [3.8, 4) is 0 Å². The highest BCUT2D eigenvalue weighted by molar-refractivity contribution is 7.13. The summed E-state index contributed by atoms with van der Waals surface area (Å²) < 4.78 is 0. The van der Waals surface area contributed by atoms with Gasteiger partial charge in [-0.25, -0.2) is 4.79 Å². The summed E-state index contributed by atoms with van der Waals surface area (Å²) in [6, 6.07) is 12.4. The van der Waals surface area contributed by atoms with Crippen molar-refractivity contribution in [2.45, 2.75) is 32.7 Å². The second-order valence-corrected chi connectivity index (χ2v) is 8.88. The van der Waals surface area contributed by atoms with Gasteiger partial charge in [-0.15, -0.1) is 10.2 Å². The third kappa shape index (κ3) is 4.70. The molecule has 3 amide bonds. The van der Waals surface area contributed by atoms with Crippen molar-refractivity contribution in [2.75, 3.05) is 17.2 Å². The van der Waals surface area contributed by atoms with Crippen LogP contribution in [0.3, 0.4) is 0 Å². The molecule has 1 saturated heterocycles. The third-order valence-electron chi connectivity index (χ3n) is 5.36. The van der Waals surface area contributed by atoms with E-state index in [9.17, 15) is 9.59 Å². The molecule has 2 aromatic carbocycles. The van der Waals surface area contributed by atoms with Crippen molar-refractivity contribution < 1.29 is 9.59 Å². The molecule has 1 atom stereocenters. The molecular formula is C22H22ClN5O2S. The fourth-order valence-corrected chi connectivity index (χ4v) is 4.63. The van der Waals surface area contributed by atoms with Gasteiger partial charge in [0.05, 0.1) is 6.04 Å². The second kappa shape index (κ2) is 9.03. The van der Waals surface area contributed by atoms with Crippen molar-refractivity contribution in [2.24, 2.45) is 0 Å². The van der Waals surface area contributed by atoms with E-state index in [1.165, 1.54) is 11.3 Å². The molecule has 7 nitrogen and oxygen atoms in total. The predicted molar refractivity (Wildman–Crippen MR) is 123 cm³/mol. The summed E-state index contributed by atoms with van der Waals surface area (Å²) in [6.45, 7) is 4.63. The maximum absolute atomic E-state index is 13.0. The van der Waals surface area contributed by atoms with Gasteiger partial charge in [-0.1, -0.05) is 41.1 Å². The molecule has 3 aromatic rings. The number of carbonyl (C=O) groups is 2. The average molecular weight is 456 g/mol. The van der Waals surface area contributed by atoms with Gasteiger partial charge < -0.3 is 15.5 Å². The van der Waals surface area contributed by atoms with Gasteiger partial charge in [0.2, 0.25) is 5.01 Å². The summed E-state index contributed by atoms with van der Waals surface area (Å²) in [5.41, 5.74) is 3.55. The monoisotopic (exact) mass is 455 g/mol. The van der Waals surface area contributed by atoms with Gasteiger partial charge in [-0.2, -0.15) is 0 Å². The van der Waals surface area contributed by atoms with E-state index in [1.807, 2.05) is 32.0 Å². The first-order chi connectivity index (χ1) is 14.9. The smallest absolute Gasteiger partial charge is 0.320 e. The Morgan fingerprint density at radius 1 is 1.13 bits per heavy atom. The van der Waals surface area contributed by atoms with Crippen molar-refractivity contribution in [3.05, 3.63) is 68.6 Å². The second-order valence-electron chi connectivity index (χ2n) is 7.44. The number of rotatable bonds is 4. The van der Waals surface area contributed by atoms with Crippen LogP contribution in [0.25, 0.3) is 0 Å². The maximum Gasteiger partial charge on any atom is 0.322 e. The van der Waals surface area contributed by atoms with E-state index in [0.717, 1.165) is 29.7 Å². The molecule has 0 aliphatic carbocycles. The normalized spacial score (nSPS) is 15.7. The molecule has 1 aliphatic heterocycles. The molecule has 0 spiro atoms. The quantitative estimate of drug-likeness (QED) is 0.549. The van der Waals surface area contributed by atoms with Crippen LogP contribution in [0.1, 0.15) is 44.8 Å². The van der Waals surface area contributed by atoms with E-state index in [2.05, 4.69) is 20.8 Å². The number of urea groups is 1. The largest absolute Gasteiger partial charge is 0.322 e. The number of aromatic nitrogens is 2. The molecule has 1 aliphatic rings. The predicted octanol–water partition coefficient (Wildman–Crippen LogP) is 5.43. The molecular weight excluding hydrogens is 434 g/mol. The van der Waals surface area contributed by atoms with E-state index >= 15 is 0 Å². The highest BCUT2D eigenvalue weighted by atomic mass is 35.5. The van der Waals surface area contributed by atoms with Gasteiger partial charge in [0.25, 0.3) is 5.91 Å². The van der Waals surface area contributed by atoms with Gasteiger partial charge in [0, 0.05) is 22.9 Å². The van der Waals surface area contributed by atoms with Gasteiger partial charge in [0.15, 0.2) is 0 Å². The number of nitrogens with zero attached hydrogens (tertiary/aromatic N) is 3. The Hall–Kier alpha value is -2.97. The number of likely N-dealkylation sites (tertiary alicyclic amines) is 1. The van der Waals surface area contributed by atoms with E-state index in [4.69, 9.17) is 11.6 Å². The molecule has 2 heterocycles. The van der Waals surface area contributed by atoms with Gasteiger partial charge in [-0.05, 0) is 62.1 Å². The minimum atomic E-state index is -0.351. The number of aryl methyl sites for hydroxylation is 1. The zero-order chi connectivity index (χ0) is 22.0. The molecule has 1 aromatic heterocycles. The van der Waals surface area contributed by atoms with E-state index < -0.39 is 0 Å². The Labute approximate surface area is 189 Å². The summed E-state index contributed by atoms with van der Waals surface area (Å²) in [6.07, 6.45) is 1.65. The van der Waals surface area contributed by atoms with Crippen molar-refractivity contribution in [1.82, 2.24) is 15.1 Å². The van der Waals surface area contributed by atoms with Crippen LogP contribution in [0.2, 0.25) is 5.02 Å². The lowest BCUT2D eigenvalue weighted by Gasteiger charge is -2.23. The molecule has 9 heteroatoms. The number of benzene rings is 2. The number of nitrogens with one attached hydrogen (secondary N) is 2. The van der Waals surface area contributed by atoms with Crippen LogP contribution < -0.4 is 10.6 Å². The molecule has 1 unspecified atom stereocenters. The standard InChI is InChI=1S/C22H22ClN5O2S/c1-13-6-3-9-17(14(13)2)25-22(30)28-11-5-10-18(28)20-26-27-21(31-20)19(29)24-16-8-4-7-15(23)12-16/h3-4,6-9,12,18H,5,10-11H2,1-2H3,(H,24,29)(H,25,30). The fraction of sp³-hybridized carbons (Fsp3) is 0.273. The first-order valence-corrected chi connectivity index (χ1v) is 11.2. The lowest BCUT2D eigenvalue weighted by Crippen LogP contribution is -2.34. The first-order valence-electron chi connectivity index (χ1n) is 9.96. The van der Waals surface area contributed by atoms with Crippen molar-refractivity contribution in [3.63, 3.8) is 0 Å². The molecule has 1 fully saturated rings. The molecule has 0 radical (unpaired) electrons. The average Bonchev–Trinajstić information content (AvgIpc) is 3.41. The Kier molecular flexibility index (Phi) is 6.20. The maximum atomic E-state index is 13.0. The molecule has 0 bridgehead atoms. The third-order valence-corrected chi connectivity index (χ3v) is 6.62. The lowest BCUT2D eigenvalue weighted by molar-refractivity contribution is 0.102. The lowest BCUT2D eigenvalue weighted by atomic mass is 10.1. The highest BCUT2D eigenvalue weighted by Crippen LogP contribution is 2.34. The van der Waals surface area contributed by atoms with Gasteiger partial charge >= 0.3 is 6.03 Å². The topological polar surface area (TPSA) is 87.2 Å². The zero-order valence-electron chi connectivity index (χ0n) is 17.2. The molecule has 0 saturated carbocycles. The first kappa shape index (κ1) is 21.3. The number of hydrogen-bond acceptors (Lipinski definition) is 5. The number of carbonyl (C=O) groups excluding carboxylic acids is 2. The fourth-order valence-electron chi connectivity index (χ4n) is 3.55. The van der Waals surface area contributed by atoms with Crippen molar-refractivity contribution >= 4 is 46.3 Å². The van der Waals surface area contributed by atoms with Crippen LogP contribution in [0, 0.1) is 13.8 Å². The summed E-state index contributed by atoms with van der Waals surface area (Å²) in [7, 11) is 0. The Bertz CT molecular complexity index is 1130. The van der Waals surface area contributed by atoms with Crippen LogP contribution >= 0.6 is 22.9 Å². The molecule has 31 heavy (non-hydrogen) atoms. The number of anilines is 2. The number of amides is 3. The van der Waals surface area contributed by atoms with Crippen LogP contribution in [0.15, 0.2) is 42.5 Å². The van der Waals surface area contributed by atoms with E-state index in [1.54, 1.807) is 29.2 Å². The molecule has 4 rings (SSSR count). The summed E-state index contributed by atoms with van der Waals surface area (Å²) >= 11 is 7.17. The summed E-state index contributed by atoms with van der Waals surface area (Å²) in [4.78, 5) is 27.3. The Morgan fingerprint density at radius 2 is 1.94 bits per heavy atom. The molecule has 160 valence electrons. The highest BCUT2D eigenvalue weighted by Gasteiger charge is 2.33. The van der Waals surface area contributed by atoms with Crippen LogP contribution in [-0.4, -0.2) is 33.6 Å². The Morgan fingerprint density at radius 3 is 2.74 bits per heavy atom. The summed E-state index contributed by atoms with van der Waals surface area (Å²) in [5.74, 6) is -0.351. The SMILES string of the molecule is Cc1cccc(NC(=O)N2CCCC2c2nnc(C(=O)Nc3cccc(Cl)c3)s2)c1C. The van der Waals surface area contributed by atoms with Crippen LogP contribution in [0.4, 0.5) is 16.2 Å². The summed E-state index contributed by atoms with van der Waals surface area (Å²) in [5, 5.41) is 15.5. The number of halogens is 1.